The van der Waals surface area contributed by atoms with Crippen molar-refractivity contribution < 1.29 is 0 Å². The van der Waals surface area contributed by atoms with Crippen LogP contribution in [-0.4, -0.2) is 16.8 Å². The van der Waals surface area contributed by atoms with Gasteiger partial charge in [0.25, 0.3) is 0 Å². The van der Waals surface area contributed by atoms with Crippen molar-refractivity contribution in [3.8, 4) is 0 Å². The van der Waals surface area contributed by atoms with Gasteiger partial charge in [-0.25, -0.2) is 4.68 Å². The van der Waals surface area contributed by atoms with Crippen molar-refractivity contribution in [2.75, 3.05) is 12.4 Å². The molecule has 0 fully saturated rings. The molecule has 1 aromatic rings. The first-order valence-corrected chi connectivity index (χ1v) is 3.98. The van der Waals surface area contributed by atoms with Crippen LogP contribution in [-0.2, 0) is 6.54 Å². The Hall–Kier alpha value is -0.510. The minimum atomic E-state index is 0.874. The molecule has 1 heterocycles. The fourth-order valence-corrected chi connectivity index (χ4v) is 1.24. The second-order valence-corrected chi connectivity index (χ2v) is 2.73. The van der Waals surface area contributed by atoms with Gasteiger partial charge >= 0.3 is 0 Å². The summed E-state index contributed by atoms with van der Waals surface area (Å²) in [7, 11) is 1.88. The second kappa shape index (κ2) is 3.05. The smallest absolute Gasteiger partial charge is 0.130 e. The average molecular weight is 204 g/mol. The Labute approximate surface area is 68.6 Å². The maximum Gasteiger partial charge on any atom is 0.130 e. The van der Waals surface area contributed by atoms with E-state index in [2.05, 4.69) is 33.3 Å². The molecule has 0 aliphatic carbocycles. The topological polar surface area (TPSA) is 29.9 Å². The van der Waals surface area contributed by atoms with Gasteiger partial charge in [0, 0.05) is 19.7 Å². The van der Waals surface area contributed by atoms with Crippen LogP contribution in [0.25, 0.3) is 0 Å². The summed E-state index contributed by atoms with van der Waals surface area (Å²) in [6, 6.07) is 1.95. The van der Waals surface area contributed by atoms with Crippen LogP contribution in [0.3, 0.4) is 0 Å². The Morgan fingerprint density at radius 3 is 2.90 bits per heavy atom. The van der Waals surface area contributed by atoms with Crippen LogP contribution in [0.15, 0.2) is 10.7 Å². The molecule has 0 spiro atoms. The number of halogens is 1. The molecule has 0 amide bonds. The summed E-state index contributed by atoms with van der Waals surface area (Å²) < 4.78 is 2.77. The number of hydrogen-bond donors (Lipinski definition) is 1. The molecule has 1 rings (SSSR count). The van der Waals surface area contributed by atoms with E-state index in [-0.39, 0.29) is 0 Å². The summed E-state index contributed by atoms with van der Waals surface area (Å²) in [5.74, 6) is 1.04. The van der Waals surface area contributed by atoms with E-state index < -0.39 is 0 Å². The zero-order valence-corrected chi connectivity index (χ0v) is 7.64. The highest BCUT2D eigenvalue weighted by Crippen LogP contribution is 2.14. The minimum Gasteiger partial charge on any atom is -0.373 e. The van der Waals surface area contributed by atoms with Crippen molar-refractivity contribution in [1.82, 2.24) is 9.78 Å². The molecule has 0 saturated heterocycles. The van der Waals surface area contributed by atoms with Crippen molar-refractivity contribution in [3.63, 3.8) is 0 Å². The zero-order valence-electron chi connectivity index (χ0n) is 6.06. The number of aromatic nitrogens is 2. The summed E-state index contributed by atoms with van der Waals surface area (Å²) in [4.78, 5) is 0. The van der Waals surface area contributed by atoms with Crippen LogP contribution in [0.4, 0.5) is 5.82 Å². The maximum absolute atomic E-state index is 4.17. The molecule has 56 valence electrons. The van der Waals surface area contributed by atoms with Crippen LogP contribution in [0.2, 0.25) is 0 Å². The number of hydrogen-bond acceptors (Lipinski definition) is 2. The molecule has 0 aliphatic rings. The highest BCUT2D eigenvalue weighted by molar-refractivity contribution is 9.10. The monoisotopic (exact) mass is 203 g/mol. The van der Waals surface area contributed by atoms with E-state index in [1.165, 1.54) is 0 Å². The van der Waals surface area contributed by atoms with Gasteiger partial charge in [0.2, 0.25) is 0 Å². The Kier molecular flexibility index (Phi) is 2.32. The highest BCUT2D eigenvalue weighted by atomic mass is 79.9. The number of aryl methyl sites for hydroxylation is 1. The van der Waals surface area contributed by atoms with E-state index in [0.717, 1.165) is 17.0 Å². The molecule has 4 heteroatoms. The summed E-state index contributed by atoms with van der Waals surface area (Å²) in [6.07, 6.45) is 0. The van der Waals surface area contributed by atoms with Gasteiger partial charge in [-0.1, -0.05) is 0 Å². The summed E-state index contributed by atoms with van der Waals surface area (Å²) in [6.45, 7) is 2.95. The molecule has 0 aromatic carbocycles. The first kappa shape index (κ1) is 7.60. The lowest BCUT2D eigenvalue weighted by molar-refractivity contribution is 0.662. The van der Waals surface area contributed by atoms with Gasteiger partial charge in [-0.3, -0.25) is 0 Å². The highest BCUT2D eigenvalue weighted by Gasteiger charge is 2.00. The number of nitrogens with one attached hydrogen (secondary N) is 1. The minimum absolute atomic E-state index is 0.874. The third-order valence-corrected chi connectivity index (χ3v) is 1.69. The first-order chi connectivity index (χ1) is 4.77. The molecule has 1 aromatic heterocycles. The fraction of sp³-hybridized carbons (Fsp3) is 0.500. The van der Waals surface area contributed by atoms with Crippen molar-refractivity contribution in [1.29, 1.82) is 0 Å². The Morgan fingerprint density at radius 1 is 1.80 bits per heavy atom. The lowest BCUT2D eigenvalue weighted by atomic mass is 10.6. The predicted molar refractivity (Wildman–Crippen MR) is 45.1 cm³/mol. The molecule has 10 heavy (non-hydrogen) atoms. The Morgan fingerprint density at radius 2 is 2.50 bits per heavy atom. The van der Waals surface area contributed by atoms with Gasteiger partial charge in [0.15, 0.2) is 0 Å². The van der Waals surface area contributed by atoms with Gasteiger partial charge in [0.1, 0.15) is 10.4 Å². The maximum atomic E-state index is 4.17. The van der Waals surface area contributed by atoms with E-state index >= 15 is 0 Å². The zero-order chi connectivity index (χ0) is 7.56. The molecule has 0 saturated carbocycles. The average Bonchev–Trinajstić information content (AvgIpc) is 2.30. The SMILES string of the molecule is CCn1nc(Br)cc1NC. The number of anilines is 1. The molecule has 3 nitrogen and oxygen atoms in total. The molecule has 1 N–H and O–H groups in total. The van der Waals surface area contributed by atoms with Crippen LogP contribution < -0.4 is 5.32 Å². The largest absolute Gasteiger partial charge is 0.373 e. The van der Waals surface area contributed by atoms with E-state index in [1.54, 1.807) is 0 Å². The third kappa shape index (κ3) is 1.31. The second-order valence-electron chi connectivity index (χ2n) is 1.92. The molecule has 0 aliphatic heterocycles. The summed E-state index contributed by atoms with van der Waals surface area (Å²) >= 11 is 3.29. The number of rotatable bonds is 2. The van der Waals surface area contributed by atoms with Crippen LogP contribution in [0, 0.1) is 0 Å². The lowest BCUT2D eigenvalue weighted by Gasteiger charge is -2.00. The van der Waals surface area contributed by atoms with Crippen molar-refractivity contribution >= 4 is 21.7 Å². The first-order valence-electron chi connectivity index (χ1n) is 3.19. The molecule has 0 bridgehead atoms. The van der Waals surface area contributed by atoms with Gasteiger partial charge in [0.05, 0.1) is 0 Å². The van der Waals surface area contributed by atoms with Crippen molar-refractivity contribution in [2.45, 2.75) is 13.5 Å². The number of nitrogens with zero attached hydrogens (tertiary/aromatic N) is 2. The predicted octanol–water partition coefficient (Wildman–Crippen LogP) is 1.71. The van der Waals surface area contributed by atoms with Crippen molar-refractivity contribution in [2.24, 2.45) is 0 Å². The Balaban J connectivity index is 2.96. The standard InChI is InChI=1S/C6H10BrN3/c1-3-10-6(8-2)4-5(7)9-10/h4,8H,3H2,1-2H3. The van der Waals surface area contributed by atoms with Gasteiger partial charge in [-0.2, -0.15) is 5.10 Å². The van der Waals surface area contributed by atoms with E-state index in [9.17, 15) is 0 Å². The molecule has 0 atom stereocenters. The van der Waals surface area contributed by atoms with Crippen LogP contribution >= 0.6 is 15.9 Å². The van der Waals surface area contributed by atoms with E-state index in [1.807, 2.05) is 17.8 Å². The van der Waals surface area contributed by atoms with Gasteiger partial charge < -0.3 is 5.32 Å². The fourth-order valence-electron chi connectivity index (χ4n) is 0.828. The van der Waals surface area contributed by atoms with E-state index in [4.69, 9.17) is 0 Å². The van der Waals surface area contributed by atoms with E-state index in [0.29, 0.717) is 0 Å². The van der Waals surface area contributed by atoms with Gasteiger partial charge in [-0.15, -0.1) is 0 Å². The lowest BCUT2D eigenvalue weighted by Crippen LogP contribution is -2.01. The quantitative estimate of drug-likeness (QED) is 0.794. The summed E-state index contributed by atoms with van der Waals surface area (Å²) in [5, 5.41) is 7.21. The normalized spacial score (nSPS) is 9.90. The molecular formula is C6H10BrN3. The van der Waals surface area contributed by atoms with Crippen molar-refractivity contribution in [3.05, 3.63) is 10.7 Å². The molecule has 0 radical (unpaired) electrons. The molecular weight excluding hydrogens is 194 g/mol. The molecule has 0 unspecified atom stereocenters. The van der Waals surface area contributed by atoms with Crippen LogP contribution in [0.5, 0.6) is 0 Å². The van der Waals surface area contributed by atoms with Crippen LogP contribution in [0.1, 0.15) is 6.92 Å². The van der Waals surface area contributed by atoms with Gasteiger partial charge in [-0.05, 0) is 22.9 Å². The third-order valence-electron chi connectivity index (χ3n) is 1.31. The summed E-state index contributed by atoms with van der Waals surface area (Å²) in [5.41, 5.74) is 0. The Bertz CT molecular complexity index is 197.